The Balaban J connectivity index is 2.60. The van der Waals surface area contributed by atoms with Gasteiger partial charge in [0.25, 0.3) is 0 Å². The van der Waals surface area contributed by atoms with Crippen LogP contribution in [0, 0.1) is 0 Å². The molecule has 0 bridgehead atoms. The molecule has 6 nitrogen and oxygen atoms in total. The van der Waals surface area contributed by atoms with Crippen molar-refractivity contribution in [3.05, 3.63) is 41.6 Å². The Kier molecular flexibility index (Phi) is 4.26. The summed E-state index contributed by atoms with van der Waals surface area (Å²) >= 11 is 5.76. The first-order valence-corrected chi connectivity index (χ1v) is 7.76. The monoisotopic (exact) mass is 325 g/mol. The van der Waals surface area contributed by atoms with Crippen molar-refractivity contribution >= 4 is 33.2 Å². The van der Waals surface area contributed by atoms with E-state index in [4.69, 9.17) is 16.7 Å². The van der Waals surface area contributed by atoms with E-state index in [1.807, 2.05) is 0 Å². The number of hydrogen-bond acceptors (Lipinski definition) is 4. The fourth-order valence-electron chi connectivity index (χ4n) is 1.79. The minimum Gasteiger partial charge on any atom is -0.326 e. The SMILES string of the molecule is CC(=O)Nc1ccc(-c2ccc(Cl)cn2)c(S(N)(=O)=O)c1. The molecule has 0 aliphatic heterocycles. The highest BCUT2D eigenvalue weighted by atomic mass is 35.5. The summed E-state index contributed by atoms with van der Waals surface area (Å²) in [6, 6.07) is 7.58. The Morgan fingerprint density at radius 2 is 2.00 bits per heavy atom. The minimum atomic E-state index is -3.97. The normalized spacial score (nSPS) is 11.2. The zero-order chi connectivity index (χ0) is 15.6. The van der Waals surface area contributed by atoms with E-state index in [1.54, 1.807) is 18.2 Å². The number of nitrogens with zero attached hydrogens (tertiary/aromatic N) is 1. The summed E-state index contributed by atoms with van der Waals surface area (Å²) < 4.78 is 23.5. The molecule has 0 atom stereocenters. The molecule has 0 saturated heterocycles. The van der Waals surface area contributed by atoms with E-state index in [-0.39, 0.29) is 10.8 Å². The predicted octanol–water partition coefficient (Wildman–Crippen LogP) is 2.01. The maximum Gasteiger partial charge on any atom is 0.238 e. The molecule has 1 amide bonds. The van der Waals surface area contributed by atoms with Gasteiger partial charge in [-0.2, -0.15) is 0 Å². The molecule has 2 aromatic rings. The molecule has 0 fully saturated rings. The molecule has 1 aromatic carbocycles. The Morgan fingerprint density at radius 1 is 1.29 bits per heavy atom. The number of hydrogen-bond donors (Lipinski definition) is 2. The quantitative estimate of drug-likeness (QED) is 0.901. The molecule has 1 aromatic heterocycles. The topological polar surface area (TPSA) is 102 Å². The number of nitrogens with one attached hydrogen (secondary N) is 1. The van der Waals surface area contributed by atoms with Crippen LogP contribution in [0.1, 0.15) is 6.92 Å². The van der Waals surface area contributed by atoms with Crippen molar-refractivity contribution in [1.29, 1.82) is 0 Å². The van der Waals surface area contributed by atoms with Gasteiger partial charge in [0.05, 0.1) is 15.6 Å². The van der Waals surface area contributed by atoms with Crippen LogP contribution in [0.2, 0.25) is 5.02 Å². The van der Waals surface area contributed by atoms with Crippen molar-refractivity contribution < 1.29 is 13.2 Å². The van der Waals surface area contributed by atoms with Crippen molar-refractivity contribution in [3.63, 3.8) is 0 Å². The van der Waals surface area contributed by atoms with Crippen LogP contribution < -0.4 is 10.5 Å². The fourth-order valence-corrected chi connectivity index (χ4v) is 2.67. The molecule has 110 valence electrons. The first-order chi connectivity index (χ1) is 9.77. The summed E-state index contributed by atoms with van der Waals surface area (Å²) in [5.74, 6) is -0.312. The molecule has 8 heteroatoms. The average Bonchev–Trinajstić information content (AvgIpc) is 2.38. The van der Waals surface area contributed by atoms with Crippen molar-refractivity contribution in [2.75, 3.05) is 5.32 Å². The fraction of sp³-hybridized carbons (Fsp3) is 0.0769. The lowest BCUT2D eigenvalue weighted by Crippen LogP contribution is -2.15. The molecule has 1 heterocycles. The van der Waals surface area contributed by atoms with Gasteiger partial charge in [0.2, 0.25) is 15.9 Å². The summed E-state index contributed by atoms with van der Waals surface area (Å²) in [5, 5.41) is 8.17. The number of aromatic nitrogens is 1. The number of halogens is 1. The Hall–Kier alpha value is -1.96. The van der Waals surface area contributed by atoms with Crippen LogP contribution in [-0.2, 0) is 14.8 Å². The summed E-state index contributed by atoms with van der Waals surface area (Å²) in [6.07, 6.45) is 1.41. The second-order valence-electron chi connectivity index (χ2n) is 4.30. The Bertz CT molecular complexity index is 789. The van der Waals surface area contributed by atoms with Crippen LogP contribution in [-0.4, -0.2) is 19.3 Å². The average molecular weight is 326 g/mol. The van der Waals surface area contributed by atoms with Gasteiger partial charge >= 0.3 is 0 Å². The number of pyridine rings is 1. The van der Waals surface area contributed by atoms with Crippen LogP contribution in [0.5, 0.6) is 0 Å². The van der Waals surface area contributed by atoms with Gasteiger partial charge < -0.3 is 5.32 Å². The van der Waals surface area contributed by atoms with E-state index in [9.17, 15) is 13.2 Å². The molecule has 3 N–H and O–H groups in total. The van der Waals surface area contributed by atoms with Crippen LogP contribution in [0.15, 0.2) is 41.4 Å². The maximum absolute atomic E-state index is 11.7. The third-order valence-electron chi connectivity index (χ3n) is 2.61. The molecular formula is C13H12ClN3O3S. The van der Waals surface area contributed by atoms with Crippen molar-refractivity contribution in [1.82, 2.24) is 4.98 Å². The highest BCUT2D eigenvalue weighted by molar-refractivity contribution is 7.89. The summed E-state index contributed by atoms with van der Waals surface area (Å²) in [4.78, 5) is 15.0. The smallest absolute Gasteiger partial charge is 0.238 e. The standard InChI is InChI=1S/C13H12ClN3O3S/c1-8(18)17-10-3-4-11(13(6-10)21(15,19)20)12-5-2-9(14)7-16-12/h2-7H,1H3,(H,17,18)(H2,15,19,20). The summed E-state index contributed by atoms with van der Waals surface area (Å²) in [7, 11) is -3.97. The van der Waals surface area contributed by atoms with Gasteiger partial charge in [-0.1, -0.05) is 11.6 Å². The van der Waals surface area contributed by atoms with E-state index in [0.29, 0.717) is 22.0 Å². The number of carbonyl (C=O) groups is 1. The summed E-state index contributed by atoms with van der Waals surface area (Å²) in [5.41, 5.74) is 1.09. The van der Waals surface area contributed by atoms with Gasteiger partial charge in [0.15, 0.2) is 0 Å². The number of rotatable bonds is 3. The predicted molar refractivity (Wildman–Crippen MR) is 80.4 cm³/mol. The lowest BCUT2D eigenvalue weighted by Gasteiger charge is -2.10. The molecule has 0 aliphatic carbocycles. The Labute approximate surface area is 127 Å². The zero-order valence-electron chi connectivity index (χ0n) is 11.0. The van der Waals surface area contributed by atoms with E-state index in [0.717, 1.165) is 0 Å². The van der Waals surface area contributed by atoms with E-state index >= 15 is 0 Å². The van der Waals surface area contributed by atoms with Gasteiger partial charge in [-0.15, -0.1) is 0 Å². The maximum atomic E-state index is 11.7. The number of carbonyl (C=O) groups excluding carboxylic acids is 1. The van der Waals surface area contributed by atoms with Crippen molar-refractivity contribution in [3.8, 4) is 11.3 Å². The second-order valence-corrected chi connectivity index (χ2v) is 6.27. The van der Waals surface area contributed by atoms with E-state index in [2.05, 4.69) is 10.3 Å². The number of nitrogens with two attached hydrogens (primary N) is 1. The molecule has 0 unspecified atom stereocenters. The van der Waals surface area contributed by atoms with Gasteiger partial charge in [-0.05, 0) is 30.3 Å². The molecule has 0 aliphatic rings. The minimum absolute atomic E-state index is 0.122. The van der Waals surface area contributed by atoms with E-state index < -0.39 is 10.0 Å². The number of amides is 1. The van der Waals surface area contributed by atoms with Crippen LogP contribution in [0.3, 0.4) is 0 Å². The molecule has 21 heavy (non-hydrogen) atoms. The van der Waals surface area contributed by atoms with Crippen LogP contribution in [0.4, 0.5) is 5.69 Å². The lowest BCUT2D eigenvalue weighted by molar-refractivity contribution is -0.114. The Morgan fingerprint density at radius 3 is 2.52 bits per heavy atom. The highest BCUT2D eigenvalue weighted by Gasteiger charge is 2.17. The first kappa shape index (κ1) is 15.4. The molecule has 2 rings (SSSR count). The third kappa shape index (κ3) is 3.78. The van der Waals surface area contributed by atoms with Crippen LogP contribution in [0.25, 0.3) is 11.3 Å². The highest BCUT2D eigenvalue weighted by Crippen LogP contribution is 2.28. The zero-order valence-corrected chi connectivity index (χ0v) is 12.6. The molecule has 0 spiro atoms. The first-order valence-electron chi connectivity index (χ1n) is 5.84. The number of benzene rings is 1. The second kappa shape index (κ2) is 5.80. The number of sulfonamides is 1. The van der Waals surface area contributed by atoms with Gasteiger partial charge in [-0.25, -0.2) is 13.6 Å². The van der Waals surface area contributed by atoms with Crippen molar-refractivity contribution in [2.24, 2.45) is 5.14 Å². The van der Waals surface area contributed by atoms with Gasteiger partial charge in [0.1, 0.15) is 0 Å². The summed E-state index contributed by atoms with van der Waals surface area (Å²) in [6.45, 7) is 1.32. The van der Waals surface area contributed by atoms with Crippen LogP contribution >= 0.6 is 11.6 Å². The van der Waals surface area contributed by atoms with Crippen molar-refractivity contribution in [2.45, 2.75) is 11.8 Å². The molecule has 0 saturated carbocycles. The number of primary sulfonamides is 1. The molecule has 0 radical (unpaired) electrons. The van der Waals surface area contributed by atoms with Gasteiger partial charge in [-0.3, -0.25) is 9.78 Å². The lowest BCUT2D eigenvalue weighted by atomic mass is 10.1. The van der Waals surface area contributed by atoms with E-state index in [1.165, 1.54) is 25.3 Å². The molecular weight excluding hydrogens is 314 g/mol. The largest absolute Gasteiger partial charge is 0.326 e. The van der Waals surface area contributed by atoms with Gasteiger partial charge in [0, 0.05) is 24.4 Å². The third-order valence-corrected chi connectivity index (χ3v) is 3.79. The number of anilines is 1.